The highest BCUT2D eigenvalue weighted by Crippen LogP contribution is 2.61. The number of rotatable bonds is 20. The van der Waals surface area contributed by atoms with E-state index in [2.05, 4.69) is 29.7 Å². The molecule has 6 unspecified atom stereocenters. The maximum atomic E-state index is 13.7. The van der Waals surface area contributed by atoms with Crippen LogP contribution in [0.1, 0.15) is 75.3 Å². The Kier molecular flexibility index (Phi) is 15.3. The van der Waals surface area contributed by atoms with Gasteiger partial charge in [-0.2, -0.15) is 0 Å². The molecule has 0 spiro atoms. The molecule has 2 amide bonds. The first-order valence-electron chi connectivity index (χ1n) is 19.5. The molecule has 12 heteroatoms. The maximum Gasteiger partial charge on any atom is 0.412 e. The zero-order valence-corrected chi connectivity index (χ0v) is 32.2. The predicted molar refractivity (Wildman–Crippen MR) is 210 cm³/mol. The Morgan fingerprint density at radius 3 is 2.53 bits per heavy atom. The molecule has 55 heavy (non-hydrogen) atoms. The van der Waals surface area contributed by atoms with Crippen molar-refractivity contribution in [2.45, 2.75) is 82.6 Å². The van der Waals surface area contributed by atoms with E-state index in [0.29, 0.717) is 49.6 Å². The van der Waals surface area contributed by atoms with Crippen LogP contribution >= 0.6 is 0 Å². The van der Waals surface area contributed by atoms with Gasteiger partial charge in [-0.15, -0.1) is 13.2 Å². The average Bonchev–Trinajstić information content (AvgIpc) is 3.20. The molecule has 2 aliphatic carbocycles. The zero-order valence-electron chi connectivity index (χ0n) is 32.2. The van der Waals surface area contributed by atoms with Crippen molar-refractivity contribution in [2.75, 3.05) is 40.1 Å². The van der Waals surface area contributed by atoms with Crippen LogP contribution in [0.25, 0.3) is 0 Å². The first-order chi connectivity index (χ1) is 26.8. The van der Waals surface area contributed by atoms with Gasteiger partial charge in [0.15, 0.2) is 0 Å². The zero-order chi connectivity index (χ0) is 39.2. The lowest BCUT2D eigenvalue weighted by atomic mass is 9.55. The minimum atomic E-state index is -1.41. The molecule has 1 aliphatic heterocycles. The number of hydrogen-bond donors (Lipinski definition) is 3. The molecule has 0 bridgehead atoms. The number of allylic oxidation sites excluding steroid dienone is 1. The number of unbranched alkanes of at least 4 members (excludes halogenated alkanes) is 2. The Balaban J connectivity index is 1.66. The fourth-order valence-electron chi connectivity index (χ4n) is 8.31. The van der Waals surface area contributed by atoms with Gasteiger partial charge in [-0.05, 0) is 80.2 Å². The molecule has 12 nitrogen and oxygen atoms in total. The number of carbonyl (C=O) groups excluding carboxylic acids is 2. The van der Waals surface area contributed by atoms with Crippen molar-refractivity contribution < 1.29 is 43.6 Å². The monoisotopic (exact) mass is 759 g/mol. The average molecular weight is 760 g/mol. The third-order valence-corrected chi connectivity index (χ3v) is 10.7. The highest BCUT2D eigenvalue weighted by Gasteiger charge is 2.65. The van der Waals surface area contributed by atoms with Gasteiger partial charge in [0.25, 0.3) is 0 Å². The van der Waals surface area contributed by atoms with Gasteiger partial charge >= 0.3 is 12.2 Å². The Labute approximate surface area is 324 Å². The molecule has 0 aromatic heterocycles. The van der Waals surface area contributed by atoms with Crippen molar-refractivity contribution in [2.24, 2.45) is 22.9 Å². The molecular formula is C43H57N3O9. The highest BCUT2D eigenvalue weighted by atomic mass is 16.7. The first kappa shape index (κ1) is 41.5. The van der Waals surface area contributed by atoms with E-state index in [-0.39, 0.29) is 50.6 Å². The molecule has 298 valence electrons. The molecule has 2 aromatic rings. The van der Waals surface area contributed by atoms with Crippen LogP contribution in [0.3, 0.4) is 0 Å². The number of likely N-dealkylation sites (N-methyl/N-ethyl adjacent to an activating group) is 1. The quantitative estimate of drug-likeness (QED) is 0.0720. The van der Waals surface area contributed by atoms with Crippen LogP contribution < -0.4 is 14.8 Å². The van der Waals surface area contributed by atoms with Gasteiger partial charge in [0, 0.05) is 44.7 Å². The van der Waals surface area contributed by atoms with E-state index in [4.69, 9.17) is 23.8 Å². The maximum absolute atomic E-state index is 13.7. The minimum Gasteiger partial charge on any atom is -0.459 e. The third kappa shape index (κ3) is 9.78. The fraction of sp³-hybridized carbons (Fsp3) is 0.512. The topological polar surface area (TPSA) is 148 Å². The van der Waals surface area contributed by atoms with Gasteiger partial charge in [0.05, 0.1) is 24.8 Å². The molecule has 3 aliphatic rings. The fourth-order valence-corrected chi connectivity index (χ4v) is 8.31. The van der Waals surface area contributed by atoms with Crippen LogP contribution in [0.2, 0.25) is 0 Å². The van der Waals surface area contributed by atoms with E-state index in [9.17, 15) is 19.8 Å². The van der Waals surface area contributed by atoms with Gasteiger partial charge in [0.1, 0.15) is 24.1 Å². The van der Waals surface area contributed by atoms with Crippen LogP contribution in [0.5, 0.6) is 11.5 Å². The highest BCUT2D eigenvalue weighted by molar-refractivity contribution is 6.03. The number of benzene rings is 2. The summed E-state index contributed by atoms with van der Waals surface area (Å²) in [5, 5.41) is 27.1. The van der Waals surface area contributed by atoms with Gasteiger partial charge in [0.2, 0.25) is 5.79 Å². The smallest absolute Gasteiger partial charge is 0.412 e. The lowest BCUT2D eigenvalue weighted by Crippen LogP contribution is -2.69. The SMILES string of the molecule is C=CCCOC(=O)N(C)C1CC(=NOCC)C2=CC(CCCCO)C(CCCCO)C3c4cc(OC(=O)NCc5ccccc5)ccc4OC1(OCC=C)C23. The molecule has 1 heterocycles. The summed E-state index contributed by atoms with van der Waals surface area (Å²) in [4.78, 5) is 34.1. The lowest BCUT2D eigenvalue weighted by Gasteiger charge is -2.59. The summed E-state index contributed by atoms with van der Waals surface area (Å²) in [6.07, 6.45) is 9.75. The Bertz CT molecular complexity index is 1660. The summed E-state index contributed by atoms with van der Waals surface area (Å²) in [7, 11) is 1.69. The van der Waals surface area contributed by atoms with Crippen LogP contribution in [0.15, 0.2) is 90.6 Å². The summed E-state index contributed by atoms with van der Waals surface area (Å²) < 4.78 is 25.5. The second-order valence-corrected chi connectivity index (χ2v) is 14.2. The summed E-state index contributed by atoms with van der Waals surface area (Å²) >= 11 is 0. The summed E-state index contributed by atoms with van der Waals surface area (Å²) in [6.45, 7) is 10.7. The van der Waals surface area contributed by atoms with Crippen molar-refractivity contribution in [3.05, 3.63) is 96.6 Å². The van der Waals surface area contributed by atoms with Crippen LogP contribution in [0.4, 0.5) is 9.59 Å². The van der Waals surface area contributed by atoms with E-state index < -0.39 is 29.9 Å². The molecule has 1 fully saturated rings. The number of oxime groups is 1. The molecule has 5 rings (SSSR count). The standard InChI is InChI=1S/C43H57N3O9/c1-5-8-25-51-42(50)46(4)38-28-36(45-53-7-3)34-26-31(18-12-14-22-47)33(19-13-15-23-48)39-35-27-32(54-41(49)44-29-30-16-10-9-11-17-30)20-21-37(35)55-43(38,40(34)39)52-24-6-2/h5-6,9-11,16-17,20-21,26-27,31,33,38-40,47-48H,1-2,7-8,12-15,18-19,22-25,28-29H2,3-4H3,(H,44,49). The van der Waals surface area contributed by atoms with E-state index >= 15 is 0 Å². The molecular weight excluding hydrogens is 702 g/mol. The minimum absolute atomic E-state index is 0.0208. The first-order valence-corrected chi connectivity index (χ1v) is 19.5. The molecule has 0 saturated heterocycles. The summed E-state index contributed by atoms with van der Waals surface area (Å²) in [6, 6.07) is 14.3. The molecule has 1 saturated carbocycles. The number of hydrogen-bond acceptors (Lipinski definition) is 10. The Hall–Kier alpha value is -4.65. The van der Waals surface area contributed by atoms with Crippen LogP contribution in [-0.2, 0) is 20.9 Å². The van der Waals surface area contributed by atoms with Crippen molar-refractivity contribution in [3.8, 4) is 11.5 Å². The number of nitrogens with one attached hydrogen (secondary N) is 1. The largest absolute Gasteiger partial charge is 0.459 e. The Morgan fingerprint density at radius 2 is 1.82 bits per heavy atom. The second kappa shape index (κ2) is 20.3. The lowest BCUT2D eigenvalue weighted by molar-refractivity contribution is -0.253. The van der Waals surface area contributed by atoms with Crippen LogP contribution in [-0.4, -0.2) is 84.9 Å². The van der Waals surface area contributed by atoms with Gasteiger partial charge in [-0.3, -0.25) is 0 Å². The number of carbonyl (C=O) groups is 2. The number of aliphatic hydroxyl groups excluding tert-OH is 2. The Morgan fingerprint density at radius 1 is 1.05 bits per heavy atom. The van der Waals surface area contributed by atoms with Crippen molar-refractivity contribution in [3.63, 3.8) is 0 Å². The molecule has 6 atom stereocenters. The van der Waals surface area contributed by atoms with Gasteiger partial charge < -0.3 is 44.2 Å². The molecule has 0 radical (unpaired) electrons. The molecule has 3 N–H and O–H groups in total. The van der Waals surface area contributed by atoms with Crippen molar-refractivity contribution >= 4 is 17.9 Å². The van der Waals surface area contributed by atoms with Gasteiger partial charge in [-0.1, -0.05) is 66.6 Å². The summed E-state index contributed by atoms with van der Waals surface area (Å²) in [5.74, 6) is -1.17. The second-order valence-electron chi connectivity index (χ2n) is 14.2. The summed E-state index contributed by atoms with van der Waals surface area (Å²) in [5.41, 5.74) is 3.39. The number of ether oxygens (including phenoxy) is 4. The normalized spacial score (nSPS) is 24.3. The van der Waals surface area contributed by atoms with E-state index in [1.807, 2.05) is 43.3 Å². The van der Waals surface area contributed by atoms with E-state index in [1.54, 1.807) is 31.3 Å². The van der Waals surface area contributed by atoms with Crippen molar-refractivity contribution in [1.29, 1.82) is 0 Å². The van der Waals surface area contributed by atoms with E-state index in [0.717, 1.165) is 42.4 Å². The number of amides is 2. The number of fused-ring (bicyclic) bond motifs is 2. The predicted octanol–water partition coefficient (Wildman–Crippen LogP) is 7.27. The number of aliphatic hydroxyl groups is 2. The van der Waals surface area contributed by atoms with Crippen LogP contribution in [0, 0.1) is 17.8 Å². The number of nitrogens with zero attached hydrogens (tertiary/aromatic N) is 2. The third-order valence-electron chi connectivity index (χ3n) is 10.7. The van der Waals surface area contributed by atoms with E-state index in [1.165, 1.54) is 4.90 Å². The van der Waals surface area contributed by atoms with Gasteiger partial charge in [-0.25, -0.2) is 9.59 Å². The van der Waals surface area contributed by atoms with Crippen molar-refractivity contribution in [1.82, 2.24) is 10.2 Å². The molecule has 2 aromatic carbocycles.